The van der Waals surface area contributed by atoms with Crippen LogP contribution in [0.1, 0.15) is 29.0 Å². The van der Waals surface area contributed by atoms with Crippen LogP contribution in [-0.2, 0) is 11.2 Å². The lowest BCUT2D eigenvalue weighted by Crippen LogP contribution is -2.34. The highest BCUT2D eigenvalue weighted by molar-refractivity contribution is 7.15. The maximum atomic E-state index is 12.2. The van der Waals surface area contributed by atoms with E-state index >= 15 is 0 Å². The third-order valence-electron chi connectivity index (χ3n) is 4.32. The zero-order chi connectivity index (χ0) is 17.6. The number of amides is 1. The van der Waals surface area contributed by atoms with Gasteiger partial charge in [0.1, 0.15) is 10.8 Å². The largest absolute Gasteiger partial charge is 0.493 e. The van der Waals surface area contributed by atoms with Crippen molar-refractivity contribution in [2.24, 2.45) is 5.92 Å². The molecule has 1 aromatic heterocycles. The molecule has 26 heavy (non-hydrogen) atoms. The summed E-state index contributed by atoms with van der Waals surface area (Å²) in [6, 6.07) is 6.18. The summed E-state index contributed by atoms with van der Waals surface area (Å²) in [5, 5.41) is 15.8. The first kappa shape index (κ1) is 20.6. The van der Waals surface area contributed by atoms with Gasteiger partial charge in [-0.15, -0.1) is 22.6 Å². The molecule has 1 amide bonds. The molecule has 0 atom stereocenters. The monoisotopic (exact) mass is 396 g/mol. The third kappa shape index (κ3) is 5.65. The van der Waals surface area contributed by atoms with Gasteiger partial charge in [0.25, 0.3) is 0 Å². The molecular formula is C18H25ClN4O2S. The first-order valence-corrected chi connectivity index (χ1v) is 9.47. The van der Waals surface area contributed by atoms with Crippen molar-refractivity contribution >= 4 is 34.8 Å². The molecule has 0 radical (unpaired) electrons. The van der Waals surface area contributed by atoms with Crippen molar-refractivity contribution in [3.05, 3.63) is 34.3 Å². The Morgan fingerprint density at radius 2 is 2.08 bits per heavy atom. The third-order valence-corrected chi connectivity index (χ3v) is 5.22. The van der Waals surface area contributed by atoms with Crippen LogP contribution in [0.5, 0.6) is 5.75 Å². The Morgan fingerprint density at radius 1 is 1.31 bits per heavy atom. The van der Waals surface area contributed by atoms with Gasteiger partial charge in [-0.2, -0.15) is 0 Å². The summed E-state index contributed by atoms with van der Waals surface area (Å²) in [6.45, 7) is 6.42. The van der Waals surface area contributed by atoms with E-state index in [0.29, 0.717) is 18.2 Å². The van der Waals surface area contributed by atoms with Crippen LogP contribution in [0.4, 0.5) is 5.13 Å². The van der Waals surface area contributed by atoms with E-state index in [1.807, 2.05) is 19.9 Å². The Hall–Kier alpha value is -1.70. The minimum atomic E-state index is 0. The van der Waals surface area contributed by atoms with Crippen LogP contribution in [0.15, 0.2) is 18.2 Å². The van der Waals surface area contributed by atoms with Crippen molar-refractivity contribution in [2.45, 2.75) is 33.1 Å². The van der Waals surface area contributed by atoms with Crippen molar-refractivity contribution in [3.8, 4) is 5.75 Å². The maximum Gasteiger partial charge on any atom is 0.229 e. The molecule has 0 aliphatic carbocycles. The van der Waals surface area contributed by atoms with Gasteiger partial charge in [-0.3, -0.25) is 4.79 Å². The van der Waals surface area contributed by atoms with Gasteiger partial charge in [-0.25, -0.2) is 0 Å². The maximum absolute atomic E-state index is 12.2. The number of halogens is 1. The molecular weight excluding hydrogens is 372 g/mol. The van der Waals surface area contributed by atoms with Gasteiger partial charge in [-0.1, -0.05) is 23.5 Å². The second-order valence-electron chi connectivity index (χ2n) is 6.38. The average molecular weight is 397 g/mol. The predicted molar refractivity (Wildman–Crippen MR) is 106 cm³/mol. The number of nitrogens with one attached hydrogen (secondary N) is 2. The number of benzene rings is 1. The Bertz CT molecular complexity index is 732. The number of anilines is 1. The zero-order valence-electron chi connectivity index (χ0n) is 15.1. The lowest BCUT2D eigenvalue weighted by atomic mass is 9.97. The van der Waals surface area contributed by atoms with Crippen LogP contribution in [0.2, 0.25) is 0 Å². The van der Waals surface area contributed by atoms with Gasteiger partial charge in [0.2, 0.25) is 11.0 Å². The summed E-state index contributed by atoms with van der Waals surface area (Å²) in [5.41, 5.74) is 2.30. The molecule has 2 aromatic rings. The first-order valence-electron chi connectivity index (χ1n) is 8.66. The zero-order valence-corrected chi connectivity index (χ0v) is 16.7. The normalized spacial score (nSPS) is 14.5. The highest BCUT2D eigenvalue weighted by atomic mass is 35.5. The summed E-state index contributed by atoms with van der Waals surface area (Å²) in [6.07, 6.45) is 2.43. The number of aromatic nitrogens is 2. The number of carbonyl (C=O) groups is 1. The van der Waals surface area contributed by atoms with E-state index < -0.39 is 0 Å². The number of aryl methyl sites for hydroxylation is 2. The van der Waals surface area contributed by atoms with E-state index in [9.17, 15) is 4.79 Å². The van der Waals surface area contributed by atoms with E-state index in [2.05, 4.69) is 33.0 Å². The summed E-state index contributed by atoms with van der Waals surface area (Å²) < 4.78 is 5.85. The highest BCUT2D eigenvalue weighted by Crippen LogP contribution is 2.21. The Balaban J connectivity index is 0.00000243. The minimum Gasteiger partial charge on any atom is -0.493 e. The second-order valence-corrected chi connectivity index (χ2v) is 7.44. The molecule has 8 heteroatoms. The molecule has 2 N–H and O–H groups in total. The van der Waals surface area contributed by atoms with Gasteiger partial charge in [0.15, 0.2) is 0 Å². The molecule has 3 rings (SSSR count). The number of hydrogen-bond acceptors (Lipinski definition) is 6. The predicted octanol–water partition coefficient (Wildman–Crippen LogP) is 3.14. The number of carbonyl (C=O) groups excluding carboxylic acids is 1. The second kappa shape index (κ2) is 9.85. The molecule has 2 heterocycles. The highest BCUT2D eigenvalue weighted by Gasteiger charge is 2.21. The number of rotatable bonds is 6. The molecule has 1 aliphatic heterocycles. The van der Waals surface area contributed by atoms with Crippen LogP contribution in [0.25, 0.3) is 0 Å². The fourth-order valence-electron chi connectivity index (χ4n) is 2.81. The summed E-state index contributed by atoms with van der Waals surface area (Å²) >= 11 is 1.42. The SMILES string of the molecule is Cc1ccc(C)c(OCCc2nnc(NC(=O)C3CCNCC3)s2)c1.Cl. The van der Waals surface area contributed by atoms with Crippen molar-refractivity contribution < 1.29 is 9.53 Å². The molecule has 0 saturated carbocycles. The van der Waals surface area contributed by atoms with Crippen molar-refractivity contribution in [3.63, 3.8) is 0 Å². The quantitative estimate of drug-likeness (QED) is 0.784. The van der Waals surface area contributed by atoms with Crippen LogP contribution in [0, 0.1) is 19.8 Å². The van der Waals surface area contributed by atoms with Gasteiger partial charge in [-0.05, 0) is 57.0 Å². The van der Waals surface area contributed by atoms with Crippen LogP contribution < -0.4 is 15.4 Å². The molecule has 1 fully saturated rings. The molecule has 0 unspecified atom stereocenters. The van der Waals surface area contributed by atoms with Gasteiger partial charge in [0, 0.05) is 12.3 Å². The molecule has 0 spiro atoms. The lowest BCUT2D eigenvalue weighted by molar-refractivity contribution is -0.120. The molecule has 1 saturated heterocycles. The molecule has 1 aromatic carbocycles. The van der Waals surface area contributed by atoms with E-state index in [1.165, 1.54) is 16.9 Å². The van der Waals surface area contributed by atoms with Crippen LogP contribution in [-0.4, -0.2) is 35.8 Å². The molecule has 6 nitrogen and oxygen atoms in total. The number of nitrogens with zero attached hydrogens (tertiary/aromatic N) is 2. The first-order chi connectivity index (χ1) is 12.1. The van der Waals surface area contributed by atoms with E-state index in [0.717, 1.165) is 42.3 Å². The smallest absolute Gasteiger partial charge is 0.229 e. The fraction of sp³-hybridized carbons (Fsp3) is 0.500. The molecule has 1 aliphatic rings. The number of ether oxygens (including phenoxy) is 1. The van der Waals surface area contributed by atoms with Gasteiger partial charge in [0.05, 0.1) is 6.61 Å². The Labute approximate surface area is 164 Å². The summed E-state index contributed by atoms with van der Waals surface area (Å²) in [4.78, 5) is 12.2. The molecule has 0 bridgehead atoms. The van der Waals surface area contributed by atoms with Gasteiger partial charge >= 0.3 is 0 Å². The van der Waals surface area contributed by atoms with Crippen molar-refractivity contribution in [1.82, 2.24) is 15.5 Å². The average Bonchev–Trinajstić information content (AvgIpc) is 3.06. The number of hydrogen-bond donors (Lipinski definition) is 2. The fourth-order valence-corrected chi connectivity index (χ4v) is 3.53. The Morgan fingerprint density at radius 3 is 2.85 bits per heavy atom. The van der Waals surface area contributed by atoms with E-state index in [1.54, 1.807) is 0 Å². The van der Waals surface area contributed by atoms with Crippen molar-refractivity contribution in [2.75, 3.05) is 25.0 Å². The minimum absolute atomic E-state index is 0. The molecule has 142 valence electrons. The lowest BCUT2D eigenvalue weighted by Gasteiger charge is -2.20. The van der Waals surface area contributed by atoms with Crippen LogP contribution in [0.3, 0.4) is 0 Å². The topological polar surface area (TPSA) is 76.1 Å². The van der Waals surface area contributed by atoms with E-state index in [-0.39, 0.29) is 24.2 Å². The number of piperidine rings is 1. The Kier molecular flexibility index (Phi) is 7.81. The standard InChI is InChI=1S/C18H24N4O2S.ClH/c1-12-3-4-13(2)15(11-12)24-10-7-16-21-22-18(25-16)20-17(23)14-5-8-19-9-6-14;/h3-4,11,14,19H,5-10H2,1-2H3,(H,20,22,23);1H. The summed E-state index contributed by atoms with van der Waals surface area (Å²) in [5.74, 6) is 1.03. The van der Waals surface area contributed by atoms with Gasteiger partial charge < -0.3 is 15.4 Å². The summed E-state index contributed by atoms with van der Waals surface area (Å²) in [7, 11) is 0. The van der Waals surface area contributed by atoms with Crippen molar-refractivity contribution in [1.29, 1.82) is 0 Å². The van der Waals surface area contributed by atoms with Crippen LogP contribution >= 0.6 is 23.7 Å². The van der Waals surface area contributed by atoms with E-state index in [4.69, 9.17) is 4.74 Å².